The zero-order chi connectivity index (χ0) is 20.8. The van der Waals surface area contributed by atoms with Gasteiger partial charge in [-0.25, -0.2) is 8.78 Å². The van der Waals surface area contributed by atoms with E-state index in [2.05, 4.69) is 0 Å². The van der Waals surface area contributed by atoms with E-state index in [9.17, 15) is 23.5 Å². The van der Waals surface area contributed by atoms with Crippen LogP contribution in [0.2, 0.25) is 5.02 Å². The number of hydrogen-bond acceptors (Lipinski definition) is 4. The maximum absolute atomic E-state index is 15.0. The second kappa shape index (κ2) is 7.50. The van der Waals surface area contributed by atoms with Crippen molar-refractivity contribution in [1.82, 2.24) is 0 Å². The Morgan fingerprint density at radius 1 is 1.03 bits per heavy atom. The summed E-state index contributed by atoms with van der Waals surface area (Å²) in [4.78, 5) is 26.7. The first-order valence-electron chi connectivity index (χ1n) is 9.48. The molecule has 7 heteroatoms. The van der Waals surface area contributed by atoms with Crippen molar-refractivity contribution in [3.05, 3.63) is 64.2 Å². The van der Waals surface area contributed by atoms with Gasteiger partial charge in [0.25, 0.3) is 0 Å². The molecule has 0 saturated heterocycles. The number of rotatable bonds is 3. The first kappa shape index (κ1) is 20.0. The molecular formula is C22H19ClF2O4. The number of ether oxygens (including phenoxy) is 1. The lowest BCUT2D eigenvalue weighted by atomic mass is 9.62. The van der Waals surface area contributed by atoms with Crippen LogP contribution in [-0.2, 0) is 10.2 Å². The van der Waals surface area contributed by atoms with Crippen molar-refractivity contribution in [2.75, 3.05) is 6.61 Å². The summed E-state index contributed by atoms with van der Waals surface area (Å²) in [6.07, 6.45) is 0.302. The van der Waals surface area contributed by atoms with Crippen LogP contribution in [0.4, 0.5) is 8.78 Å². The lowest BCUT2D eigenvalue weighted by molar-refractivity contribution is -0.124. The van der Waals surface area contributed by atoms with Crippen LogP contribution in [0.15, 0.2) is 36.4 Å². The van der Waals surface area contributed by atoms with Crippen LogP contribution in [-0.4, -0.2) is 29.4 Å². The van der Waals surface area contributed by atoms with Gasteiger partial charge in [-0.2, -0.15) is 0 Å². The van der Waals surface area contributed by atoms with Crippen LogP contribution in [0.1, 0.15) is 41.6 Å². The minimum atomic E-state index is -1.59. The van der Waals surface area contributed by atoms with E-state index in [1.165, 1.54) is 24.3 Å². The molecular weight excluding hydrogens is 402 g/mol. The standard InChI is InChI=1S/C22H19ClF2O4/c23-14-4-1-12(2-5-14)19(27)21(28)22-10-9-15(26)6-3-13(22)11-29-20-17(25)8-7-16(24)18(20)22/h1-2,4-5,7-8,13,15,26H,3,6,9-11H2/t13?,15-,22-/m1/s1. The fourth-order valence-electron chi connectivity index (χ4n) is 4.56. The second-order valence-corrected chi connectivity index (χ2v) is 8.08. The molecule has 29 heavy (non-hydrogen) atoms. The van der Waals surface area contributed by atoms with Gasteiger partial charge in [-0.1, -0.05) is 11.6 Å². The summed E-state index contributed by atoms with van der Waals surface area (Å²) in [5, 5.41) is 10.6. The predicted octanol–water partition coefficient (Wildman–Crippen LogP) is 4.25. The van der Waals surface area contributed by atoms with Crippen molar-refractivity contribution in [2.45, 2.75) is 37.2 Å². The van der Waals surface area contributed by atoms with Crippen molar-refractivity contribution >= 4 is 23.2 Å². The summed E-state index contributed by atoms with van der Waals surface area (Å²) >= 11 is 5.86. The second-order valence-electron chi connectivity index (χ2n) is 7.65. The van der Waals surface area contributed by atoms with Gasteiger partial charge in [0.1, 0.15) is 5.82 Å². The Balaban J connectivity index is 1.89. The van der Waals surface area contributed by atoms with Crippen molar-refractivity contribution < 1.29 is 28.2 Å². The van der Waals surface area contributed by atoms with Gasteiger partial charge in [0.2, 0.25) is 11.6 Å². The maximum Gasteiger partial charge on any atom is 0.229 e. The average Bonchev–Trinajstić information content (AvgIpc) is 2.89. The molecule has 1 heterocycles. The Morgan fingerprint density at radius 2 is 1.72 bits per heavy atom. The van der Waals surface area contributed by atoms with E-state index in [1.807, 2.05) is 0 Å². The first-order chi connectivity index (χ1) is 13.8. The first-order valence-corrected chi connectivity index (χ1v) is 9.86. The molecule has 0 radical (unpaired) electrons. The monoisotopic (exact) mass is 420 g/mol. The van der Waals surface area contributed by atoms with Gasteiger partial charge < -0.3 is 9.84 Å². The molecule has 0 bridgehead atoms. The zero-order valence-corrected chi connectivity index (χ0v) is 16.2. The summed E-state index contributed by atoms with van der Waals surface area (Å²) in [5.74, 6) is -4.05. The molecule has 1 saturated carbocycles. The molecule has 2 aromatic carbocycles. The quantitative estimate of drug-likeness (QED) is 0.595. The Morgan fingerprint density at radius 3 is 2.45 bits per heavy atom. The molecule has 0 spiro atoms. The molecule has 4 nitrogen and oxygen atoms in total. The summed E-state index contributed by atoms with van der Waals surface area (Å²) in [7, 11) is 0. The van der Waals surface area contributed by atoms with Crippen LogP contribution in [0, 0.1) is 17.6 Å². The summed E-state index contributed by atoms with van der Waals surface area (Å²) in [5.41, 5.74) is -1.68. The van der Waals surface area contributed by atoms with Gasteiger partial charge in [0.15, 0.2) is 11.6 Å². The predicted molar refractivity (Wildman–Crippen MR) is 102 cm³/mol. The van der Waals surface area contributed by atoms with Gasteiger partial charge in [-0.15, -0.1) is 0 Å². The largest absolute Gasteiger partial charge is 0.490 e. The summed E-state index contributed by atoms with van der Waals surface area (Å²) in [6, 6.07) is 7.74. The smallest absolute Gasteiger partial charge is 0.229 e. The fraction of sp³-hybridized carbons (Fsp3) is 0.364. The number of hydrogen-bond donors (Lipinski definition) is 1. The van der Waals surface area contributed by atoms with E-state index in [0.29, 0.717) is 17.9 Å². The number of aliphatic hydroxyl groups is 1. The van der Waals surface area contributed by atoms with Crippen molar-refractivity contribution in [2.24, 2.45) is 5.92 Å². The van der Waals surface area contributed by atoms with Crippen LogP contribution >= 0.6 is 11.6 Å². The third-order valence-corrected chi connectivity index (χ3v) is 6.32. The van der Waals surface area contributed by atoms with Crippen LogP contribution in [0.3, 0.4) is 0 Å². The van der Waals surface area contributed by atoms with E-state index in [-0.39, 0.29) is 36.3 Å². The van der Waals surface area contributed by atoms with Crippen LogP contribution in [0.5, 0.6) is 5.75 Å². The van der Waals surface area contributed by atoms with Crippen molar-refractivity contribution in [3.8, 4) is 5.75 Å². The van der Waals surface area contributed by atoms with E-state index in [4.69, 9.17) is 16.3 Å². The Labute approximate surface area is 171 Å². The van der Waals surface area contributed by atoms with E-state index in [1.54, 1.807) is 0 Å². The molecule has 1 aliphatic heterocycles. The van der Waals surface area contributed by atoms with Gasteiger partial charge in [-0.3, -0.25) is 9.59 Å². The third kappa shape index (κ3) is 3.24. The number of halogens is 3. The lowest BCUT2D eigenvalue weighted by Crippen LogP contribution is -2.51. The summed E-state index contributed by atoms with van der Waals surface area (Å²) < 4.78 is 34.9. The van der Waals surface area contributed by atoms with Crippen LogP contribution in [0.25, 0.3) is 0 Å². The highest BCUT2D eigenvalue weighted by atomic mass is 35.5. The molecule has 1 aliphatic carbocycles. The highest BCUT2D eigenvalue weighted by Gasteiger charge is 2.56. The molecule has 2 aromatic rings. The molecule has 1 fully saturated rings. The molecule has 2 aliphatic rings. The molecule has 3 atom stereocenters. The minimum Gasteiger partial charge on any atom is -0.490 e. The number of carbonyl (C=O) groups excluding carboxylic acids is 2. The van der Waals surface area contributed by atoms with E-state index >= 15 is 0 Å². The highest BCUT2D eigenvalue weighted by molar-refractivity contribution is 6.46. The molecule has 0 amide bonds. The number of carbonyl (C=O) groups is 2. The van der Waals surface area contributed by atoms with Crippen molar-refractivity contribution in [1.29, 1.82) is 0 Å². The van der Waals surface area contributed by atoms with Gasteiger partial charge >= 0.3 is 0 Å². The van der Waals surface area contributed by atoms with Crippen LogP contribution < -0.4 is 4.74 Å². The number of aliphatic hydroxyl groups excluding tert-OH is 1. The lowest BCUT2D eigenvalue weighted by Gasteiger charge is -2.42. The minimum absolute atomic E-state index is 0.0280. The maximum atomic E-state index is 15.0. The molecule has 152 valence electrons. The van der Waals surface area contributed by atoms with E-state index in [0.717, 1.165) is 12.1 Å². The number of fused-ring (bicyclic) bond motifs is 3. The SMILES string of the molecule is O=C(C(=O)[C@]12CC[C@H](O)CCC1COc1c(F)ccc(F)c12)c1ccc(Cl)cc1. The highest BCUT2D eigenvalue weighted by Crippen LogP contribution is 2.51. The zero-order valence-electron chi connectivity index (χ0n) is 15.5. The molecule has 4 rings (SSSR count). The Bertz CT molecular complexity index is 976. The Hall–Kier alpha value is -2.31. The third-order valence-electron chi connectivity index (χ3n) is 6.07. The van der Waals surface area contributed by atoms with E-state index < -0.39 is 40.6 Å². The topological polar surface area (TPSA) is 63.6 Å². The molecule has 0 aromatic heterocycles. The van der Waals surface area contributed by atoms with Gasteiger partial charge in [-0.05, 0) is 62.1 Å². The number of Topliss-reactive ketones (excluding diaryl/α,β-unsaturated/α-hetero) is 2. The van der Waals surface area contributed by atoms with Gasteiger partial charge in [0, 0.05) is 22.1 Å². The van der Waals surface area contributed by atoms with Gasteiger partial charge in [0.05, 0.1) is 18.1 Å². The average molecular weight is 421 g/mol. The Kier molecular flexibility index (Phi) is 5.17. The number of benzene rings is 2. The summed E-state index contributed by atoms with van der Waals surface area (Å²) in [6.45, 7) is -0.0280. The number of ketones is 2. The normalized spacial score (nSPS) is 25.9. The fourth-order valence-corrected chi connectivity index (χ4v) is 4.68. The molecule has 1 N–H and O–H groups in total. The molecule has 1 unspecified atom stereocenters. The van der Waals surface area contributed by atoms with Crippen molar-refractivity contribution in [3.63, 3.8) is 0 Å².